The summed E-state index contributed by atoms with van der Waals surface area (Å²) in [6, 6.07) is 13.8. The summed E-state index contributed by atoms with van der Waals surface area (Å²) in [6.07, 6.45) is -0.240. The van der Waals surface area contributed by atoms with Crippen molar-refractivity contribution in [3.63, 3.8) is 0 Å². The number of hydrogen-bond acceptors (Lipinski definition) is 7. The molecule has 0 aliphatic heterocycles. The van der Waals surface area contributed by atoms with Crippen molar-refractivity contribution >= 4 is 38.4 Å². The number of aliphatic hydroxyl groups excluding tert-OH is 1. The zero-order valence-electron chi connectivity index (χ0n) is 16.6. The Morgan fingerprint density at radius 3 is 2.66 bits per heavy atom. The number of H-pyrrole nitrogens is 1. The van der Waals surface area contributed by atoms with Gasteiger partial charge in [-0.2, -0.15) is 18.4 Å². The van der Waals surface area contributed by atoms with Crippen LogP contribution in [0.15, 0.2) is 80.1 Å². The van der Waals surface area contributed by atoms with Crippen molar-refractivity contribution in [3.8, 4) is 0 Å². The Morgan fingerprint density at radius 1 is 1.22 bits per heavy atom. The first-order valence-electron chi connectivity index (χ1n) is 9.32. The van der Waals surface area contributed by atoms with Gasteiger partial charge in [-0.1, -0.05) is 29.3 Å². The summed E-state index contributed by atoms with van der Waals surface area (Å²) in [4.78, 5) is 21.6. The Morgan fingerprint density at radius 2 is 1.97 bits per heavy atom. The largest absolute Gasteiger partial charge is 0.466 e. The molecule has 2 heterocycles. The maximum atomic E-state index is 12.7. The second-order valence-corrected chi connectivity index (χ2v) is 9.00. The van der Waals surface area contributed by atoms with Crippen LogP contribution < -0.4 is 10.4 Å². The van der Waals surface area contributed by atoms with E-state index < -0.39 is 21.7 Å². The number of sulfonamides is 1. The van der Waals surface area contributed by atoms with Crippen LogP contribution in [-0.4, -0.2) is 29.2 Å². The first-order valence-corrected chi connectivity index (χ1v) is 11.2. The number of nitrogens with one attached hydrogen (secondary N) is 2. The molecular formula is C21H17ClN4O5S. The Hall–Kier alpha value is -3.47. The van der Waals surface area contributed by atoms with Crippen LogP contribution in [0.4, 0.5) is 0 Å². The number of nitrogens with zero attached hydrogens (tertiary/aromatic N) is 2. The maximum Gasteiger partial charge on any atom is 0.276 e. The normalized spacial score (nSPS) is 13.3. The van der Waals surface area contributed by atoms with E-state index >= 15 is 0 Å². The first kappa shape index (κ1) is 21.8. The molecule has 0 saturated carbocycles. The van der Waals surface area contributed by atoms with Crippen molar-refractivity contribution in [1.29, 1.82) is 0 Å². The van der Waals surface area contributed by atoms with E-state index in [1.807, 2.05) is 6.92 Å². The molecule has 4 aromatic rings. The molecule has 0 aliphatic carbocycles. The first-order chi connectivity index (χ1) is 15.2. The number of aryl methyl sites for hydroxylation is 1. The molecule has 11 heteroatoms. The molecule has 0 spiro atoms. The molecule has 0 saturated heterocycles. The molecule has 0 aliphatic rings. The fourth-order valence-corrected chi connectivity index (χ4v) is 3.93. The van der Waals surface area contributed by atoms with Gasteiger partial charge < -0.3 is 14.5 Å². The summed E-state index contributed by atoms with van der Waals surface area (Å²) < 4.78 is 30.6. The maximum absolute atomic E-state index is 12.7. The highest BCUT2D eigenvalue weighted by Crippen LogP contribution is 2.20. The molecule has 2 aromatic heterocycles. The Balaban J connectivity index is 1.82. The number of hydrazone groups is 1. The highest BCUT2D eigenvalue weighted by molar-refractivity contribution is 7.89. The van der Waals surface area contributed by atoms with Crippen LogP contribution in [0.2, 0.25) is 5.02 Å². The van der Waals surface area contributed by atoms with Gasteiger partial charge >= 0.3 is 0 Å². The van der Waals surface area contributed by atoms with Gasteiger partial charge in [0, 0.05) is 5.02 Å². The molecule has 3 N–H and O–H groups in total. The van der Waals surface area contributed by atoms with Gasteiger partial charge in [0.05, 0.1) is 22.2 Å². The molecule has 32 heavy (non-hydrogen) atoms. The Kier molecular flexibility index (Phi) is 5.83. The van der Waals surface area contributed by atoms with E-state index in [1.54, 1.807) is 24.3 Å². The topological polar surface area (TPSA) is 138 Å². The molecule has 9 nitrogen and oxygen atoms in total. The van der Waals surface area contributed by atoms with Crippen molar-refractivity contribution in [3.05, 3.63) is 93.3 Å². The number of benzene rings is 2. The summed E-state index contributed by atoms with van der Waals surface area (Å²) in [5.74, 6) is 0.0516. The number of aromatic amines is 1. The highest BCUT2D eigenvalue weighted by atomic mass is 35.5. The fraction of sp³-hybridized carbons (Fsp3) is 0.0952. The monoisotopic (exact) mass is 472 g/mol. The van der Waals surface area contributed by atoms with Gasteiger partial charge in [-0.3, -0.25) is 4.79 Å². The molecule has 164 valence electrons. The Bertz CT molecular complexity index is 1460. The van der Waals surface area contributed by atoms with Gasteiger partial charge in [0.25, 0.3) is 15.6 Å². The number of aromatic nitrogens is 2. The second kappa shape index (κ2) is 8.58. The summed E-state index contributed by atoms with van der Waals surface area (Å²) in [7, 11) is -4.08. The Labute approximate surface area is 187 Å². The van der Waals surface area contributed by atoms with Crippen molar-refractivity contribution in [1.82, 2.24) is 14.8 Å². The minimum absolute atomic E-state index is 0.0336. The van der Waals surface area contributed by atoms with Gasteiger partial charge in [0.2, 0.25) is 0 Å². The molecule has 0 bridgehead atoms. The van der Waals surface area contributed by atoms with Crippen LogP contribution in [0, 0.1) is 6.92 Å². The van der Waals surface area contributed by atoms with E-state index in [0.717, 1.165) is 5.56 Å². The van der Waals surface area contributed by atoms with Crippen LogP contribution in [-0.2, 0) is 10.0 Å². The molecule has 4 rings (SSSR count). The molecule has 1 atom stereocenters. The number of rotatable bonds is 6. The SMILES string of the molecule is Cc1ccc(S(=O)(=O)N/N=C(\c2nc3ccc(Cl)cc3[nH]c2=O)[C@@H](O)c2ccco2)cc1. The molecule has 0 radical (unpaired) electrons. The zero-order chi connectivity index (χ0) is 22.9. The average molecular weight is 473 g/mol. The second-order valence-electron chi connectivity index (χ2n) is 6.90. The lowest BCUT2D eigenvalue weighted by Crippen LogP contribution is -2.29. The standard InChI is InChI=1S/C21H17ClN4O5S/c1-12-4-7-14(8-5-12)32(29,30)26-25-18(20(27)17-3-2-10-31-17)19-21(28)24-16-11-13(22)6-9-15(16)23-19/h2-11,20,26-27H,1H3,(H,24,28)/b25-18+/t20-/m0/s1. The third kappa shape index (κ3) is 4.42. The van der Waals surface area contributed by atoms with Crippen LogP contribution in [0.3, 0.4) is 0 Å². The van der Waals surface area contributed by atoms with Crippen molar-refractivity contribution in [2.24, 2.45) is 5.10 Å². The molecule has 2 aromatic carbocycles. The number of aliphatic hydroxyl groups is 1. The van der Waals surface area contributed by atoms with Gasteiger partial charge in [0.15, 0.2) is 11.8 Å². The number of furan rings is 1. The minimum atomic E-state index is -4.08. The molecule has 0 fully saturated rings. The zero-order valence-corrected chi connectivity index (χ0v) is 18.2. The summed E-state index contributed by atoms with van der Waals surface area (Å²) in [5.41, 5.74) is 0.305. The lowest BCUT2D eigenvalue weighted by atomic mass is 10.1. The van der Waals surface area contributed by atoms with E-state index in [0.29, 0.717) is 16.1 Å². The van der Waals surface area contributed by atoms with Gasteiger partial charge in [0.1, 0.15) is 11.5 Å². The summed E-state index contributed by atoms with van der Waals surface area (Å²) in [6.45, 7) is 1.82. The number of fused-ring (bicyclic) bond motifs is 1. The van der Waals surface area contributed by atoms with Crippen LogP contribution in [0.1, 0.15) is 23.1 Å². The van der Waals surface area contributed by atoms with Crippen molar-refractivity contribution < 1.29 is 17.9 Å². The molecule has 0 amide bonds. The molecular weight excluding hydrogens is 456 g/mol. The van der Waals surface area contributed by atoms with E-state index in [9.17, 15) is 18.3 Å². The number of hydrogen-bond donors (Lipinski definition) is 3. The number of halogens is 1. The fourth-order valence-electron chi connectivity index (χ4n) is 2.94. The minimum Gasteiger partial charge on any atom is -0.466 e. The van der Waals surface area contributed by atoms with E-state index in [4.69, 9.17) is 16.0 Å². The lowest BCUT2D eigenvalue weighted by molar-refractivity contribution is 0.214. The van der Waals surface area contributed by atoms with E-state index in [-0.39, 0.29) is 22.1 Å². The van der Waals surface area contributed by atoms with Crippen LogP contribution >= 0.6 is 11.6 Å². The van der Waals surface area contributed by atoms with E-state index in [2.05, 4.69) is 19.9 Å². The third-order valence-corrected chi connectivity index (χ3v) is 6.05. The summed E-state index contributed by atoms with van der Waals surface area (Å²) in [5, 5.41) is 15.1. The highest BCUT2D eigenvalue weighted by Gasteiger charge is 2.25. The van der Waals surface area contributed by atoms with Crippen LogP contribution in [0.5, 0.6) is 0 Å². The predicted octanol–water partition coefficient (Wildman–Crippen LogP) is 2.89. The third-order valence-electron chi connectivity index (χ3n) is 4.59. The summed E-state index contributed by atoms with van der Waals surface area (Å²) >= 11 is 5.96. The smallest absolute Gasteiger partial charge is 0.276 e. The quantitative estimate of drug-likeness (QED) is 0.291. The lowest BCUT2D eigenvalue weighted by Gasteiger charge is -2.12. The van der Waals surface area contributed by atoms with Crippen LogP contribution in [0.25, 0.3) is 11.0 Å². The van der Waals surface area contributed by atoms with Gasteiger partial charge in [-0.05, 0) is 49.4 Å². The van der Waals surface area contributed by atoms with Gasteiger partial charge in [-0.25, -0.2) is 4.98 Å². The van der Waals surface area contributed by atoms with Gasteiger partial charge in [-0.15, -0.1) is 0 Å². The van der Waals surface area contributed by atoms with E-state index in [1.165, 1.54) is 36.6 Å². The predicted molar refractivity (Wildman–Crippen MR) is 119 cm³/mol. The van der Waals surface area contributed by atoms with Crippen molar-refractivity contribution in [2.45, 2.75) is 17.9 Å². The van der Waals surface area contributed by atoms with Crippen molar-refractivity contribution in [2.75, 3.05) is 0 Å². The average Bonchev–Trinajstić information content (AvgIpc) is 3.29. The molecule has 0 unspecified atom stereocenters.